The minimum Gasteiger partial charge on any atom is -0.478 e. The van der Waals surface area contributed by atoms with E-state index in [0.717, 1.165) is 11.6 Å². The third-order valence-corrected chi connectivity index (χ3v) is 2.09. The van der Waals surface area contributed by atoms with Crippen LogP contribution in [0.4, 0.5) is 0 Å². The number of Topliss-reactive ketones (excluding diaryl/α,β-unsaturated/α-hetero) is 1. The second-order valence-electron chi connectivity index (χ2n) is 2.94. The fourth-order valence-corrected chi connectivity index (χ4v) is 1.03. The number of rotatable bonds is 4. The van der Waals surface area contributed by atoms with E-state index in [9.17, 15) is 14.4 Å². The number of carbonyl (C=O) groups is 3. The number of carboxylic acids is 2. The maximum Gasteiger partial charge on any atom is 0.373 e. The first kappa shape index (κ1) is 16.1. The normalized spacial score (nSPS) is 9.39. The summed E-state index contributed by atoms with van der Waals surface area (Å²) >= 11 is 2.68. The van der Waals surface area contributed by atoms with Crippen LogP contribution in [0.3, 0.4) is 0 Å². The predicted octanol–water partition coefficient (Wildman–Crippen LogP) is 1.82. The predicted molar refractivity (Wildman–Crippen MR) is 69.5 cm³/mol. The molecule has 1 rings (SSSR count). The lowest BCUT2D eigenvalue weighted by molar-refractivity contribution is -0.147. The summed E-state index contributed by atoms with van der Waals surface area (Å²) in [5.41, 5.74) is 0.898. The molecule has 0 fully saturated rings. The molecule has 0 aromatic heterocycles. The summed E-state index contributed by atoms with van der Waals surface area (Å²) < 4.78 is 0. The van der Waals surface area contributed by atoms with Crippen LogP contribution in [0.15, 0.2) is 36.4 Å². The van der Waals surface area contributed by atoms with E-state index in [1.165, 1.54) is 0 Å². The zero-order chi connectivity index (χ0) is 14.0. The third-order valence-electron chi connectivity index (χ3n) is 1.58. The summed E-state index contributed by atoms with van der Waals surface area (Å²) in [5, 5.41) is 16.0. The average Bonchev–Trinajstić information content (AvgIpc) is 2.37. The van der Waals surface area contributed by atoms with Gasteiger partial charge in [0.05, 0.1) is 5.33 Å². The summed E-state index contributed by atoms with van der Waals surface area (Å²) in [6.45, 7) is 0. The molecule has 0 spiro atoms. The Morgan fingerprint density at radius 2 is 1.67 bits per heavy atom. The van der Waals surface area contributed by atoms with Crippen molar-refractivity contribution in [3.63, 3.8) is 0 Å². The third kappa shape index (κ3) is 8.23. The van der Waals surface area contributed by atoms with Gasteiger partial charge in [-0.3, -0.25) is 4.79 Å². The molecule has 6 heteroatoms. The van der Waals surface area contributed by atoms with E-state index in [2.05, 4.69) is 15.9 Å². The van der Waals surface area contributed by atoms with Crippen molar-refractivity contribution in [3.8, 4) is 0 Å². The van der Waals surface area contributed by atoms with Gasteiger partial charge in [0.25, 0.3) is 0 Å². The van der Waals surface area contributed by atoms with Gasteiger partial charge >= 0.3 is 11.9 Å². The van der Waals surface area contributed by atoms with Crippen molar-refractivity contribution in [2.45, 2.75) is 0 Å². The van der Waals surface area contributed by atoms with Gasteiger partial charge in [0.15, 0.2) is 0 Å². The SMILES string of the molecule is O=C(O)C(=O)CBr.O=C(O)C=Cc1ccccc1. The van der Waals surface area contributed by atoms with Gasteiger partial charge in [0.1, 0.15) is 0 Å². The fraction of sp³-hybridized carbons (Fsp3) is 0.0833. The smallest absolute Gasteiger partial charge is 0.373 e. The van der Waals surface area contributed by atoms with Gasteiger partial charge in [0.2, 0.25) is 5.78 Å². The highest BCUT2D eigenvalue weighted by atomic mass is 79.9. The van der Waals surface area contributed by atoms with Gasteiger partial charge in [-0.1, -0.05) is 46.3 Å². The van der Waals surface area contributed by atoms with E-state index in [1.807, 2.05) is 30.3 Å². The van der Waals surface area contributed by atoms with Crippen LogP contribution in [-0.2, 0) is 14.4 Å². The molecule has 0 amide bonds. The topological polar surface area (TPSA) is 91.7 Å². The van der Waals surface area contributed by atoms with Crippen molar-refractivity contribution in [1.29, 1.82) is 0 Å². The highest BCUT2D eigenvalue weighted by Crippen LogP contribution is 1.99. The maximum atomic E-state index is 10.1. The molecule has 0 saturated carbocycles. The van der Waals surface area contributed by atoms with Crippen molar-refractivity contribution in [1.82, 2.24) is 0 Å². The van der Waals surface area contributed by atoms with Crippen LogP contribution in [0.1, 0.15) is 5.56 Å². The van der Waals surface area contributed by atoms with Crippen LogP contribution in [0.5, 0.6) is 0 Å². The van der Waals surface area contributed by atoms with Crippen LogP contribution >= 0.6 is 15.9 Å². The lowest BCUT2D eigenvalue weighted by Gasteiger charge is -1.87. The molecule has 0 bridgehead atoms. The molecule has 96 valence electrons. The minimum absolute atomic E-state index is 0.109. The van der Waals surface area contributed by atoms with Gasteiger partial charge < -0.3 is 10.2 Å². The van der Waals surface area contributed by atoms with Crippen LogP contribution < -0.4 is 0 Å². The number of alkyl halides is 1. The monoisotopic (exact) mass is 314 g/mol. The van der Waals surface area contributed by atoms with Crippen molar-refractivity contribution in [2.24, 2.45) is 0 Å². The summed E-state index contributed by atoms with van der Waals surface area (Å²) in [6, 6.07) is 9.31. The van der Waals surface area contributed by atoms with E-state index in [1.54, 1.807) is 6.08 Å². The Morgan fingerprint density at radius 3 is 2.00 bits per heavy atom. The first-order valence-electron chi connectivity index (χ1n) is 4.75. The molecule has 1 aromatic rings. The Labute approximate surface area is 112 Å². The summed E-state index contributed by atoms with van der Waals surface area (Å²) in [6.07, 6.45) is 2.68. The Morgan fingerprint density at radius 1 is 1.11 bits per heavy atom. The molecule has 0 aliphatic carbocycles. The van der Waals surface area contributed by atoms with E-state index in [0.29, 0.717) is 0 Å². The van der Waals surface area contributed by atoms with E-state index < -0.39 is 17.7 Å². The molecule has 2 N–H and O–H groups in total. The van der Waals surface area contributed by atoms with Crippen molar-refractivity contribution < 1.29 is 24.6 Å². The molecule has 0 aliphatic heterocycles. The van der Waals surface area contributed by atoms with Crippen molar-refractivity contribution in [3.05, 3.63) is 42.0 Å². The number of hydrogen-bond acceptors (Lipinski definition) is 3. The second kappa shape index (κ2) is 9.12. The average molecular weight is 315 g/mol. The molecule has 0 aliphatic rings. The number of hydrogen-bond donors (Lipinski definition) is 2. The Kier molecular flexibility index (Phi) is 8.13. The zero-order valence-electron chi connectivity index (χ0n) is 9.25. The quantitative estimate of drug-likeness (QED) is 0.502. The van der Waals surface area contributed by atoms with Gasteiger partial charge in [-0.15, -0.1) is 0 Å². The summed E-state index contributed by atoms with van der Waals surface area (Å²) in [5.74, 6) is -3.13. The Balaban J connectivity index is 0.000000360. The molecular formula is C12H11BrO5. The molecule has 5 nitrogen and oxygen atoms in total. The van der Waals surface area contributed by atoms with E-state index >= 15 is 0 Å². The molecular weight excluding hydrogens is 304 g/mol. The van der Waals surface area contributed by atoms with Gasteiger partial charge in [-0.25, -0.2) is 9.59 Å². The highest BCUT2D eigenvalue weighted by molar-refractivity contribution is 9.09. The number of halogens is 1. The maximum absolute atomic E-state index is 10.1. The van der Waals surface area contributed by atoms with Gasteiger partial charge in [0, 0.05) is 6.08 Å². The van der Waals surface area contributed by atoms with Crippen molar-refractivity contribution >= 4 is 39.7 Å². The zero-order valence-corrected chi connectivity index (χ0v) is 10.8. The Bertz CT molecular complexity index is 439. The van der Waals surface area contributed by atoms with Crippen molar-refractivity contribution in [2.75, 3.05) is 5.33 Å². The summed E-state index contributed by atoms with van der Waals surface area (Å²) in [4.78, 5) is 29.5. The second-order valence-corrected chi connectivity index (χ2v) is 3.50. The molecule has 0 unspecified atom stereocenters. The standard InChI is InChI=1S/C9H8O2.C3H3BrO3/c10-9(11)7-6-8-4-2-1-3-5-8;4-1-2(5)3(6)7/h1-7H,(H,10,11);1H2,(H,6,7). The highest BCUT2D eigenvalue weighted by Gasteiger charge is 2.06. The molecule has 0 heterocycles. The number of ketones is 1. The molecule has 0 saturated heterocycles. The molecule has 0 atom stereocenters. The van der Waals surface area contributed by atoms with Gasteiger partial charge in [-0.2, -0.15) is 0 Å². The molecule has 18 heavy (non-hydrogen) atoms. The van der Waals surface area contributed by atoms with E-state index in [-0.39, 0.29) is 5.33 Å². The van der Waals surface area contributed by atoms with Crippen LogP contribution in [-0.4, -0.2) is 33.3 Å². The summed E-state index contributed by atoms with van der Waals surface area (Å²) in [7, 11) is 0. The van der Waals surface area contributed by atoms with Crippen LogP contribution in [0, 0.1) is 0 Å². The number of carbonyl (C=O) groups excluding carboxylic acids is 1. The lowest BCUT2D eigenvalue weighted by atomic mass is 10.2. The van der Waals surface area contributed by atoms with Gasteiger partial charge in [-0.05, 0) is 11.6 Å². The first-order chi connectivity index (χ1) is 8.47. The minimum atomic E-state index is -1.39. The Hall–Kier alpha value is -1.95. The largest absolute Gasteiger partial charge is 0.478 e. The number of benzene rings is 1. The van der Waals surface area contributed by atoms with E-state index in [4.69, 9.17) is 10.2 Å². The number of carboxylic acid groups (broad SMARTS) is 2. The lowest BCUT2D eigenvalue weighted by Crippen LogP contribution is -2.12. The fourth-order valence-electron chi connectivity index (χ4n) is 0.789. The molecule has 1 aromatic carbocycles. The van der Waals surface area contributed by atoms with Crippen LogP contribution in [0.2, 0.25) is 0 Å². The number of aliphatic carboxylic acids is 2. The molecule has 0 radical (unpaired) electrons. The van der Waals surface area contributed by atoms with Crippen LogP contribution in [0.25, 0.3) is 6.08 Å². The first-order valence-corrected chi connectivity index (χ1v) is 5.87.